The van der Waals surface area contributed by atoms with E-state index in [-0.39, 0.29) is 5.91 Å². The average molecular weight is 247 g/mol. The molecule has 0 bridgehead atoms. The molecule has 1 fully saturated rings. The molecule has 0 heterocycles. The highest BCUT2D eigenvalue weighted by Gasteiger charge is 2.17. The van der Waals surface area contributed by atoms with Crippen LogP contribution in [0.1, 0.15) is 29.6 Å². The van der Waals surface area contributed by atoms with Crippen molar-refractivity contribution in [2.24, 2.45) is 5.92 Å². The normalized spacial score (nSPS) is 15.0. The number of nitrogen functional groups attached to an aromatic ring is 1. The Morgan fingerprint density at radius 1 is 1.44 bits per heavy atom. The van der Waals surface area contributed by atoms with Gasteiger partial charge >= 0.3 is 0 Å². The van der Waals surface area contributed by atoms with Crippen LogP contribution in [0.2, 0.25) is 0 Å². The van der Waals surface area contributed by atoms with E-state index < -0.39 is 0 Å². The van der Waals surface area contributed by atoms with Crippen LogP contribution < -0.4 is 11.1 Å². The molecule has 4 heteroatoms. The van der Waals surface area contributed by atoms with Crippen LogP contribution in [0.25, 0.3) is 0 Å². The molecule has 98 valence electrons. The van der Waals surface area contributed by atoms with Gasteiger partial charge in [0.1, 0.15) is 0 Å². The van der Waals surface area contributed by atoms with E-state index in [4.69, 9.17) is 5.73 Å². The van der Waals surface area contributed by atoms with E-state index in [1.165, 1.54) is 19.3 Å². The summed E-state index contributed by atoms with van der Waals surface area (Å²) in [6, 6.07) is 5.41. The van der Waals surface area contributed by atoms with Crippen molar-refractivity contribution in [3.8, 4) is 0 Å². The number of carbonyl (C=O) groups is 1. The number of rotatable bonds is 4. The van der Waals surface area contributed by atoms with E-state index in [1.807, 2.05) is 6.07 Å². The quantitative estimate of drug-likeness (QED) is 0.802. The summed E-state index contributed by atoms with van der Waals surface area (Å²) in [4.78, 5) is 13.4. The molecule has 0 spiro atoms. The molecule has 0 unspecified atom stereocenters. The minimum absolute atomic E-state index is 0.00157. The second-order valence-corrected chi connectivity index (χ2v) is 5.18. The highest BCUT2D eigenvalue weighted by atomic mass is 16.2. The van der Waals surface area contributed by atoms with Gasteiger partial charge in [-0.25, -0.2) is 0 Å². The van der Waals surface area contributed by atoms with Gasteiger partial charge in [0.25, 0.3) is 5.91 Å². The first-order valence-corrected chi connectivity index (χ1v) is 6.43. The molecule has 0 aliphatic heterocycles. The van der Waals surface area contributed by atoms with Crippen LogP contribution in [0.3, 0.4) is 0 Å². The molecule has 18 heavy (non-hydrogen) atoms. The smallest absolute Gasteiger partial charge is 0.253 e. The number of nitrogens with two attached hydrogens (primary N) is 1. The van der Waals surface area contributed by atoms with Crippen LogP contribution in [0, 0.1) is 5.92 Å². The van der Waals surface area contributed by atoms with Crippen LogP contribution >= 0.6 is 0 Å². The fourth-order valence-corrected chi connectivity index (χ4v) is 2.05. The minimum Gasteiger partial charge on any atom is -0.397 e. The van der Waals surface area contributed by atoms with E-state index in [0.717, 1.165) is 18.2 Å². The molecule has 0 saturated heterocycles. The minimum atomic E-state index is 0.00157. The summed E-state index contributed by atoms with van der Waals surface area (Å²) in [5.74, 6) is 0.763. The van der Waals surface area contributed by atoms with Crippen molar-refractivity contribution in [3.63, 3.8) is 0 Å². The zero-order chi connectivity index (χ0) is 13.1. The van der Waals surface area contributed by atoms with Crippen molar-refractivity contribution >= 4 is 17.3 Å². The van der Waals surface area contributed by atoms with Gasteiger partial charge in [0.2, 0.25) is 0 Å². The molecule has 1 aliphatic carbocycles. The summed E-state index contributed by atoms with van der Waals surface area (Å²) < 4.78 is 0. The maximum absolute atomic E-state index is 11.9. The molecular formula is C14H21N3O. The summed E-state index contributed by atoms with van der Waals surface area (Å²) in [7, 11) is 3.50. The summed E-state index contributed by atoms with van der Waals surface area (Å²) in [6.07, 6.45) is 3.92. The van der Waals surface area contributed by atoms with Gasteiger partial charge in [0.15, 0.2) is 0 Å². The Morgan fingerprint density at radius 3 is 2.72 bits per heavy atom. The lowest BCUT2D eigenvalue weighted by atomic mass is 9.85. The Morgan fingerprint density at radius 2 is 2.17 bits per heavy atom. The van der Waals surface area contributed by atoms with Gasteiger partial charge in [-0.15, -0.1) is 0 Å². The van der Waals surface area contributed by atoms with Crippen molar-refractivity contribution in [1.82, 2.24) is 4.90 Å². The molecule has 1 saturated carbocycles. The first-order valence-electron chi connectivity index (χ1n) is 6.43. The third kappa shape index (κ3) is 2.75. The summed E-state index contributed by atoms with van der Waals surface area (Å²) >= 11 is 0. The molecule has 3 N–H and O–H groups in total. The summed E-state index contributed by atoms with van der Waals surface area (Å²) in [5.41, 5.74) is 8.16. The largest absolute Gasteiger partial charge is 0.397 e. The highest BCUT2D eigenvalue weighted by molar-refractivity contribution is 5.95. The van der Waals surface area contributed by atoms with E-state index in [9.17, 15) is 4.79 Å². The predicted octanol–water partition coefficient (Wildman–Crippen LogP) is 2.18. The van der Waals surface area contributed by atoms with Gasteiger partial charge in [0.05, 0.1) is 11.4 Å². The van der Waals surface area contributed by atoms with Crippen molar-refractivity contribution < 1.29 is 4.79 Å². The third-order valence-corrected chi connectivity index (χ3v) is 3.51. The van der Waals surface area contributed by atoms with Crippen LogP contribution in [0.5, 0.6) is 0 Å². The Hall–Kier alpha value is -1.71. The topological polar surface area (TPSA) is 58.4 Å². The molecular weight excluding hydrogens is 226 g/mol. The number of anilines is 2. The van der Waals surface area contributed by atoms with Gasteiger partial charge < -0.3 is 16.0 Å². The molecule has 0 radical (unpaired) electrons. The number of amides is 1. The molecule has 1 amide bonds. The molecule has 1 aliphatic rings. The zero-order valence-electron chi connectivity index (χ0n) is 11.1. The van der Waals surface area contributed by atoms with E-state index in [0.29, 0.717) is 11.3 Å². The fourth-order valence-electron chi connectivity index (χ4n) is 2.05. The number of nitrogens with one attached hydrogen (secondary N) is 1. The molecule has 2 rings (SSSR count). The van der Waals surface area contributed by atoms with Crippen molar-refractivity contribution in [2.75, 3.05) is 31.7 Å². The number of hydrogen-bond donors (Lipinski definition) is 2. The molecule has 1 aromatic carbocycles. The van der Waals surface area contributed by atoms with Crippen molar-refractivity contribution in [2.45, 2.75) is 19.3 Å². The average Bonchev–Trinajstić information content (AvgIpc) is 2.28. The maximum atomic E-state index is 11.9. The number of hydrogen-bond acceptors (Lipinski definition) is 3. The lowest BCUT2D eigenvalue weighted by molar-refractivity contribution is 0.0827. The summed E-state index contributed by atoms with van der Waals surface area (Å²) in [5, 5.41) is 3.35. The first-order chi connectivity index (χ1) is 8.58. The number of nitrogens with zero attached hydrogens (tertiary/aromatic N) is 1. The van der Waals surface area contributed by atoms with Gasteiger partial charge in [-0.1, -0.05) is 6.42 Å². The summed E-state index contributed by atoms with van der Waals surface area (Å²) in [6.45, 7) is 0.948. The molecule has 1 aromatic rings. The van der Waals surface area contributed by atoms with Gasteiger partial charge in [-0.05, 0) is 37.0 Å². The monoisotopic (exact) mass is 247 g/mol. The van der Waals surface area contributed by atoms with Crippen LogP contribution in [0.4, 0.5) is 11.4 Å². The Kier molecular flexibility index (Phi) is 3.75. The fraction of sp³-hybridized carbons (Fsp3) is 0.500. The Balaban J connectivity index is 2.07. The van der Waals surface area contributed by atoms with E-state index >= 15 is 0 Å². The second kappa shape index (κ2) is 5.29. The van der Waals surface area contributed by atoms with E-state index in [2.05, 4.69) is 5.32 Å². The predicted molar refractivity (Wildman–Crippen MR) is 74.7 cm³/mol. The van der Waals surface area contributed by atoms with Crippen LogP contribution in [-0.2, 0) is 0 Å². The number of carbonyl (C=O) groups excluding carboxylic acids is 1. The van der Waals surface area contributed by atoms with Crippen LogP contribution in [0.15, 0.2) is 18.2 Å². The first kappa shape index (κ1) is 12.7. The number of benzene rings is 1. The standard InChI is InChI=1S/C14H21N3O/c1-17(2)14(18)11-6-7-12(15)13(8-11)16-9-10-4-3-5-10/h6-8,10,16H,3-5,9,15H2,1-2H3. The lowest BCUT2D eigenvalue weighted by Gasteiger charge is -2.26. The van der Waals surface area contributed by atoms with E-state index in [1.54, 1.807) is 31.1 Å². The third-order valence-electron chi connectivity index (χ3n) is 3.51. The molecule has 0 aromatic heterocycles. The van der Waals surface area contributed by atoms with Gasteiger partial charge in [0, 0.05) is 26.2 Å². The molecule has 4 nitrogen and oxygen atoms in total. The van der Waals surface area contributed by atoms with Crippen molar-refractivity contribution in [1.29, 1.82) is 0 Å². The Bertz CT molecular complexity index is 439. The Labute approximate surface area is 108 Å². The second-order valence-electron chi connectivity index (χ2n) is 5.18. The van der Waals surface area contributed by atoms with Crippen molar-refractivity contribution in [3.05, 3.63) is 23.8 Å². The zero-order valence-corrected chi connectivity index (χ0v) is 11.1. The van der Waals surface area contributed by atoms with Crippen LogP contribution in [-0.4, -0.2) is 31.4 Å². The lowest BCUT2D eigenvalue weighted by Crippen LogP contribution is -2.23. The van der Waals surface area contributed by atoms with Gasteiger partial charge in [-0.2, -0.15) is 0 Å². The highest BCUT2D eigenvalue weighted by Crippen LogP contribution is 2.28. The maximum Gasteiger partial charge on any atom is 0.253 e. The SMILES string of the molecule is CN(C)C(=O)c1ccc(N)c(NCC2CCC2)c1. The molecule has 0 atom stereocenters. The van der Waals surface area contributed by atoms with Gasteiger partial charge in [-0.3, -0.25) is 4.79 Å².